The third-order valence-corrected chi connectivity index (χ3v) is 3.77. The first-order valence-corrected chi connectivity index (χ1v) is 5.83. The summed E-state index contributed by atoms with van der Waals surface area (Å²) in [5.41, 5.74) is -0.719. The summed E-state index contributed by atoms with van der Waals surface area (Å²) in [4.78, 5) is 0.964. The van der Waals surface area contributed by atoms with Gasteiger partial charge in [-0.15, -0.1) is 0 Å². The van der Waals surface area contributed by atoms with Gasteiger partial charge in [0.25, 0.3) is 0 Å². The molecule has 0 aromatic carbocycles. The predicted octanol–water partition coefficient (Wildman–Crippen LogP) is 1.49. The minimum atomic E-state index is -0.719. The molecule has 0 radical (unpaired) electrons. The van der Waals surface area contributed by atoms with Crippen LogP contribution in [0.15, 0.2) is 12.3 Å². The third-order valence-electron chi connectivity index (χ3n) is 2.77. The summed E-state index contributed by atoms with van der Waals surface area (Å²) in [7, 11) is 0. The van der Waals surface area contributed by atoms with E-state index < -0.39 is 5.60 Å². The lowest BCUT2D eigenvalue weighted by molar-refractivity contribution is 0.0422. The van der Waals surface area contributed by atoms with Crippen LogP contribution >= 0.6 is 11.5 Å². The van der Waals surface area contributed by atoms with Crippen LogP contribution in [-0.2, 0) is 5.60 Å². The summed E-state index contributed by atoms with van der Waals surface area (Å²) >= 11 is 1.39. The van der Waals surface area contributed by atoms with Gasteiger partial charge in [0.05, 0.1) is 10.5 Å². The quantitative estimate of drug-likeness (QED) is 0.798. The molecule has 2 atom stereocenters. The Morgan fingerprint density at radius 3 is 3.21 bits per heavy atom. The molecule has 0 aliphatic carbocycles. The molecule has 1 fully saturated rings. The van der Waals surface area contributed by atoms with Crippen molar-refractivity contribution in [1.82, 2.24) is 9.69 Å². The zero-order valence-corrected chi connectivity index (χ0v) is 9.18. The molecule has 0 bridgehead atoms. The highest BCUT2D eigenvalue weighted by molar-refractivity contribution is 7.05. The fraction of sp³-hybridized carbons (Fsp3) is 0.700. The van der Waals surface area contributed by atoms with Gasteiger partial charge in [-0.3, -0.25) is 0 Å². The highest BCUT2D eigenvalue weighted by Crippen LogP contribution is 2.30. The normalized spacial score (nSPS) is 26.3. The van der Waals surface area contributed by atoms with Crippen LogP contribution in [-0.4, -0.2) is 22.1 Å². The maximum absolute atomic E-state index is 10.3. The maximum Gasteiger partial charge on any atom is 0.0990 e. The average Bonchev–Trinajstić information content (AvgIpc) is 2.71. The fourth-order valence-electron chi connectivity index (χ4n) is 2.00. The molecule has 1 aliphatic heterocycles. The number of aromatic nitrogens is 1. The van der Waals surface area contributed by atoms with Gasteiger partial charge in [0, 0.05) is 12.2 Å². The van der Waals surface area contributed by atoms with E-state index in [9.17, 15) is 5.11 Å². The van der Waals surface area contributed by atoms with Crippen LogP contribution in [0.3, 0.4) is 0 Å². The zero-order chi connectivity index (χ0) is 10.0. The lowest BCUT2D eigenvalue weighted by Gasteiger charge is -2.24. The van der Waals surface area contributed by atoms with Gasteiger partial charge in [-0.25, -0.2) is 4.37 Å². The van der Waals surface area contributed by atoms with Gasteiger partial charge in [-0.1, -0.05) is 0 Å². The van der Waals surface area contributed by atoms with E-state index in [4.69, 9.17) is 0 Å². The molecule has 2 rings (SSSR count). The Morgan fingerprint density at radius 2 is 2.64 bits per heavy atom. The van der Waals surface area contributed by atoms with E-state index in [1.165, 1.54) is 24.4 Å². The standard InChI is InChI=1S/C10H16N2OS/c1-10(13,9-4-6-12-14-9)7-8-3-2-5-11-8/h4,6,8,11,13H,2-3,5,7H2,1H3. The molecule has 1 aliphatic rings. The van der Waals surface area contributed by atoms with E-state index in [0.717, 1.165) is 17.8 Å². The molecule has 4 heteroatoms. The number of nitrogens with one attached hydrogen (secondary N) is 1. The smallest absolute Gasteiger partial charge is 0.0990 e. The molecule has 2 N–H and O–H groups in total. The first-order valence-electron chi connectivity index (χ1n) is 5.05. The van der Waals surface area contributed by atoms with Gasteiger partial charge in [0.2, 0.25) is 0 Å². The SMILES string of the molecule is CC(O)(CC1CCCN1)c1ccns1. The molecule has 1 aromatic heterocycles. The van der Waals surface area contributed by atoms with Gasteiger partial charge in [-0.2, -0.15) is 0 Å². The van der Waals surface area contributed by atoms with Crippen LogP contribution in [0, 0.1) is 0 Å². The molecule has 2 unspecified atom stereocenters. The minimum absolute atomic E-state index is 0.465. The number of hydrogen-bond acceptors (Lipinski definition) is 4. The topological polar surface area (TPSA) is 45.1 Å². The van der Waals surface area contributed by atoms with Crippen molar-refractivity contribution in [3.63, 3.8) is 0 Å². The molecule has 0 amide bonds. The van der Waals surface area contributed by atoms with E-state index in [1.54, 1.807) is 6.20 Å². The molecule has 0 saturated carbocycles. The first kappa shape index (κ1) is 10.1. The molecule has 1 aromatic rings. The van der Waals surface area contributed by atoms with Crippen molar-refractivity contribution in [1.29, 1.82) is 0 Å². The van der Waals surface area contributed by atoms with Crippen molar-refractivity contribution in [2.24, 2.45) is 0 Å². The summed E-state index contributed by atoms with van der Waals surface area (Å²) < 4.78 is 4.02. The van der Waals surface area contributed by atoms with E-state index in [1.807, 2.05) is 13.0 Å². The minimum Gasteiger partial charge on any atom is -0.384 e. The second-order valence-electron chi connectivity index (χ2n) is 4.15. The summed E-state index contributed by atoms with van der Waals surface area (Å²) in [6.07, 6.45) is 4.93. The van der Waals surface area contributed by atoms with E-state index >= 15 is 0 Å². The molecule has 14 heavy (non-hydrogen) atoms. The van der Waals surface area contributed by atoms with Crippen LogP contribution in [0.4, 0.5) is 0 Å². The Hall–Kier alpha value is -0.450. The maximum atomic E-state index is 10.3. The van der Waals surface area contributed by atoms with E-state index in [-0.39, 0.29) is 0 Å². The van der Waals surface area contributed by atoms with Crippen molar-refractivity contribution in [2.45, 2.75) is 37.8 Å². The second kappa shape index (κ2) is 3.96. The van der Waals surface area contributed by atoms with E-state index in [0.29, 0.717) is 6.04 Å². The van der Waals surface area contributed by atoms with Gasteiger partial charge >= 0.3 is 0 Å². The van der Waals surface area contributed by atoms with Crippen LogP contribution in [0.1, 0.15) is 31.1 Å². The highest BCUT2D eigenvalue weighted by Gasteiger charge is 2.29. The van der Waals surface area contributed by atoms with Gasteiger partial charge in [-0.05, 0) is 50.3 Å². The van der Waals surface area contributed by atoms with Crippen molar-refractivity contribution >= 4 is 11.5 Å². The van der Waals surface area contributed by atoms with Crippen LogP contribution in [0.25, 0.3) is 0 Å². The molecular weight excluding hydrogens is 196 g/mol. The summed E-state index contributed by atoms with van der Waals surface area (Å²) in [5, 5.41) is 13.7. The molecule has 2 heterocycles. The van der Waals surface area contributed by atoms with Crippen LogP contribution in [0.5, 0.6) is 0 Å². The Labute approximate surface area is 88.3 Å². The monoisotopic (exact) mass is 212 g/mol. The van der Waals surface area contributed by atoms with Crippen molar-refractivity contribution in [2.75, 3.05) is 6.54 Å². The second-order valence-corrected chi connectivity index (χ2v) is 4.98. The molecule has 78 valence electrons. The molecule has 3 nitrogen and oxygen atoms in total. The fourth-order valence-corrected chi connectivity index (χ4v) is 2.64. The third kappa shape index (κ3) is 2.13. The van der Waals surface area contributed by atoms with Gasteiger partial charge < -0.3 is 10.4 Å². The Bertz CT molecular complexity index is 278. The summed E-state index contributed by atoms with van der Waals surface area (Å²) in [6, 6.07) is 2.37. The summed E-state index contributed by atoms with van der Waals surface area (Å²) in [5.74, 6) is 0. The number of rotatable bonds is 3. The number of aliphatic hydroxyl groups is 1. The zero-order valence-electron chi connectivity index (χ0n) is 8.36. The Balaban J connectivity index is 2.01. The van der Waals surface area contributed by atoms with E-state index in [2.05, 4.69) is 9.69 Å². The Kier molecular flexibility index (Phi) is 2.85. The number of nitrogens with zero attached hydrogens (tertiary/aromatic N) is 1. The molecule has 1 saturated heterocycles. The lowest BCUT2D eigenvalue weighted by Crippen LogP contribution is -2.32. The predicted molar refractivity (Wildman–Crippen MR) is 57.3 cm³/mol. The highest BCUT2D eigenvalue weighted by atomic mass is 32.1. The van der Waals surface area contributed by atoms with Gasteiger partial charge in [0.15, 0.2) is 0 Å². The van der Waals surface area contributed by atoms with Crippen molar-refractivity contribution < 1.29 is 5.11 Å². The average molecular weight is 212 g/mol. The summed E-state index contributed by atoms with van der Waals surface area (Å²) in [6.45, 7) is 2.96. The van der Waals surface area contributed by atoms with Crippen LogP contribution < -0.4 is 5.32 Å². The van der Waals surface area contributed by atoms with Gasteiger partial charge in [0.1, 0.15) is 0 Å². The van der Waals surface area contributed by atoms with Crippen molar-refractivity contribution in [3.05, 3.63) is 17.1 Å². The molecule has 0 spiro atoms. The lowest BCUT2D eigenvalue weighted by atomic mass is 9.94. The largest absolute Gasteiger partial charge is 0.384 e. The number of hydrogen-bond donors (Lipinski definition) is 2. The van der Waals surface area contributed by atoms with Crippen molar-refractivity contribution in [3.8, 4) is 0 Å². The molecular formula is C10H16N2OS. The first-order chi connectivity index (χ1) is 6.68. The van der Waals surface area contributed by atoms with Crippen LogP contribution in [0.2, 0.25) is 0 Å². The Morgan fingerprint density at radius 1 is 1.79 bits per heavy atom.